The molecular weight excluding hydrogens is 218 g/mol. The number of aromatic nitrogens is 2. The summed E-state index contributed by atoms with van der Waals surface area (Å²) in [6.45, 7) is 0. The monoisotopic (exact) mass is 231 g/mol. The molecule has 1 heterocycles. The molecule has 1 aromatic heterocycles. The molecule has 0 fully saturated rings. The molecule has 1 atom stereocenters. The van der Waals surface area contributed by atoms with Gasteiger partial charge in [0.25, 0.3) is 0 Å². The molecule has 0 bridgehead atoms. The lowest BCUT2D eigenvalue weighted by Gasteiger charge is -2.05. The van der Waals surface area contributed by atoms with E-state index in [1.54, 1.807) is 17.1 Å². The zero-order valence-electron chi connectivity index (χ0n) is 9.41. The summed E-state index contributed by atoms with van der Waals surface area (Å²) in [4.78, 5) is 11.3. The summed E-state index contributed by atoms with van der Waals surface area (Å²) in [5, 5.41) is 4.15. The highest BCUT2D eigenvalue weighted by Crippen LogP contribution is 2.13. The number of hydrogen-bond acceptors (Lipinski definition) is 4. The van der Waals surface area contributed by atoms with E-state index in [9.17, 15) is 4.79 Å². The van der Waals surface area contributed by atoms with E-state index in [1.165, 1.54) is 7.11 Å². The van der Waals surface area contributed by atoms with Gasteiger partial charge >= 0.3 is 5.97 Å². The normalized spacial score (nSPS) is 12.1. The summed E-state index contributed by atoms with van der Waals surface area (Å²) in [7, 11) is 1.31. The van der Waals surface area contributed by atoms with Crippen LogP contribution in [0.15, 0.2) is 42.7 Å². The maximum atomic E-state index is 11.3. The van der Waals surface area contributed by atoms with E-state index in [0.29, 0.717) is 5.56 Å². The average Bonchev–Trinajstić information content (AvgIpc) is 2.87. The minimum absolute atomic E-state index is 0.474. The smallest absolute Gasteiger partial charge is 0.327 e. The molecule has 5 heteroatoms. The van der Waals surface area contributed by atoms with Gasteiger partial charge in [0, 0.05) is 11.8 Å². The van der Waals surface area contributed by atoms with Crippen LogP contribution in [0.5, 0.6) is 0 Å². The van der Waals surface area contributed by atoms with Gasteiger partial charge in [-0.25, -0.2) is 4.68 Å². The van der Waals surface area contributed by atoms with Gasteiger partial charge in [-0.15, -0.1) is 0 Å². The van der Waals surface area contributed by atoms with Crippen molar-refractivity contribution in [2.45, 2.75) is 6.04 Å². The average molecular weight is 231 g/mol. The second-order valence-corrected chi connectivity index (χ2v) is 3.55. The molecule has 0 saturated carbocycles. The van der Waals surface area contributed by atoms with E-state index < -0.39 is 12.0 Å². The summed E-state index contributed by atoms with van der Waals surface area (Å²) in [6, 6.07) is 8.79. The molecule has 2 rings (SSSR count). The number of ether oxygens (including phenoxy) is 1. The number of nitrogens with zero attached hydrogens (tertiary/aromatic N) is 2. The molecule has 2 N–H and O–H groups in total. The Morgan fingerprint density at radius 3 is 2.76 bits per heavy atom. The minimum Gasteiger partial charge on any atom is -0.468 e. The number of carbonyl (C=O) groups is 1. The van der Waals surface area contributed by atoms with Crippen LogP contribution in [0.3, 0.4) is 0 Å². The highest BCUT2D eigenvalue weighted by molar-refractivity contribution is 5.77. The molecule has 88 valence electrons. The van der Waals surface area contributed by atoms with Crippen LogP contribution in [0.2, 0.25) is 0 Å². The van der Waals surface area contributed by atoms with Gasteiger partial charge in [0.05, 0.1) is 19.0 Å². The molecule has 0 aliphatic rings. The Hall–Kier alpha value is -2.14. The van der Waals surface area contributed by atoms with Gasteiger partial charge in [0.1, 0.15) is 6.04 Å². The van der Waals surface area contributed by atoms with Crippen LogP contribution in [-0.4, -0.2) is 22.9 Å². The molecule has 0 radical (unpaired) electrons. The molecular formula is C12H13N3O2. The van der Waals surface area contributed by atoms with E-state index in [-0.39, 0.29) is 0 Å². The third kappa shape index (κ3) is 2.34. The second kappa shape index (κ2) is 4.80. The molecule has 0 unspecified atom stereocenters. The van der Waals surface area contributed by atoms with Gasteiger partial charge in [-0.05, 0) is 12.1 Å². The number of methoxy groups -OCH3 is 1. The first-order valence-corrected chi connectivity index (χ1v) is 5.16. The van der Waals surface area contributed by atoms with Crippen molar-refractivity contribution in [2.75, 3.05) is 7.11 Å². The molecule has 5 nitrogen and oxygen atoms in total. The third-order valence-electron chi connectivity index (χ3n) is 2.44. The van der Waals surface area contributed by atoms with Crippen LogP contribution < -0.4 is 5.73 Å². The fourth-order valence-electron chi connectivity index (χ4n) is 1.48. The maximum Gasteiger partial charge on any atom is 0.327 e. The predicted octanol–water partition coefficient (Wildman–Crippen LogP) is 1.05. The number of rotatable bonds is 3. The van der Waals surface area contributed by atoms with E-state index in [4.69, 9.17) is 5.73 Å². The van der Waals surface area contributed by atoms with Crippen molar-refractivity contribution in [3.05, 3.63) is 48.3 Å². The number of nitrogens with two attached hydrogens (primary N) is 1. The van der Waals surface area contributed by atoms with Crippen LogP contribution in [0, 0.1) is 0 Å². The highest BCUT2D eigenvalue weighted by Gasteiger charge is 2.18. The Kier molecular flexibility index (Phi) is 3.20. The van der Waals surface area contributed by atoms with Gasteiger partial charge in [0.15, 0.2) is 0 Å². The molecule has 0 spiro atoms. The van der Waals surface area contributed by atoms with Crippen molar-refractivity contribution in [3.8, 4) is 5.69 Å². The first kappa shape index (κ1) is 11.3. The predicted molar refractivity (Wildman–Crippen MR) is 62.5 cm³/mol. The third-order valence-corrected chi connectivity index (χ3v) is 2.44. The van der Waals surface area contributed by atoms with Crippen molar-refractivity contribution in [3.63, 3.8) is 0 Å². The van der Waals surface area contributed by atoms with E-state index >= 15 is 0 Å². The van der Waals surface area contributed by atoms with Crippen LogP contribution in [0.25, 0.3) is 5.69 Å². The Morgan fingerprint density at radius 2 is 2.12 bits per heavy atom. The first-order valence-electron chi connectivity index (χ1n) is 5.16. The van der Waals surface area contributed by atoms with Crippen molar-refractivity contribution in [1.29, 1.82) is 0 Å². The van der Waals surface area contributed by atoms with Gasteiger partial charge < -0.3 is 10.5 Å². The fourth-order valence-corrected chi connectivity index (χ4v) is 1.48. The van der Waals surface area contributed by atoms with E-state index in [2.05, 4.69) is 9.84 Å². The summed E-state index contributed by atoms with van der Waals surface area (Å²) >= 11 is 0. The SMILES string of the molecule is COC(=O)[C@H](N)c1cnn(-c2ccccc2)c1. The summed E-state index contributed by atoms with van der Waals surface area (Å²) < 4.78 is 6.25. The Morgan fingerprint density at radius 1 is 1.41 bits per heavy atom. The number of benzene rings is 1. The summed E-state index contributed by atoms with van der Waals surface area (Å²) in [5.41, 5.74) is 7.25. The maximum absolute atomic E-state index is 11.3. The zero-order chi connectivity index (χ0) is 12.3. The highest BCUT2D eigenvalue weighted by atomic mass is 16.5. The van der Waals surface area contributed by atoms with Gasteiger partial charge in [0.2, 0.25) is 0 Å². The van der Waals surface area contributed by atoms with Gasteiger partial charge in [-0.2, -0.15) is 5.10 Å². The zero-order valence-corrected chi connectivity index (χ0v) is 9.41. The molecule has 0 aliphatic carbocycles. The molecule has 0 amide bonds. The molecule has 0 aliphatic heterocycles. The van der Waals surface area contributed by atoms with Crippen LogP contribution in [0.1, 0.15) is 11.6 Å². The number of hydrogen-bond donors (Lipinski definition) is 1. The van der Waals surface area contributed by atoms with Crippen molar-refractivity contribution >= 4 is 5.97 Å². The Labute approximate surface area is 98.8 Å². The standard InChI is InChI=1S/C12H13N3O2/c1-17-12(16)11(13)9-7-14-15(8-9)10-5-3-2-4-6-10/h2-8,11H,13H2,1H3/t11-/m1/s1. The Bertz CT molecular complexity index is 507. The summed E-state index contributed by atoms with van der Waals surface area (Å²) in [6.07, 6.45) is 3.28. The molecule has 0 saturated heterocycles. The topological polar surface area (TPSA) is 70.1 Å². The Balaban J connectivity index is 2.25. The molecule has 2 aromatic rings. The quantitative estimate of drug-likeness (QED) is 0.801. The lowest BCUT2D eigenvalue weighted by Crippen LogP contribution is -2.22. The van der Waals surface area contributed by atoms with Gasteiger partial charge in [-0.1, -0.05) is 18.2 Å². The van der Waals surface area contributed by atoms with Crippen LogP contribution in [-0.2, 0) is 9.53 Å². The van der Waals surface area contributed by atoms with Crippen LogP contribution >= 0.6 is 0 Å². The van der Waals surface area contributed by atoms with E-state index in [0.717, 1.165) is 5.69 Å². The van der Waals surface area contributed by atoms with Gasteiger partial charge in [-0.3, -0.25) is 4.79 Å². The second-order valence-electron chi connectivity index (χ2n) is 3.55. The lowest BCUT2D eigenvalue weighted by molar-refractivity contribution is -0.142. The summed E-state index contributed by atoms with van der Waals surface area (Å²) in [5.74, 6) is -0.474. The fraction of sp³-hybridized carbons (Fsp3) is 0.167. The van der Waals surface area contributed by atoms with E-state index in [1.807, 2.05) is 30.3 Å². The number of carbonyl (C=O) groups excluding carboxylic acids is 1. The molecule has 17 heavy (non-hydrogen) atoms. The van der Waals surface area contributed by atoms with Crippen molar-refractivity contribution < 1.29 is 9.53 Å². The molecule has 1 aromatic carbocycles. The van der Waals surface area contributed by atoms with Crippen molar-refractivity contribution in [1.82, 2.24) is 9.78 Å². The van der Waals surface area contributed by atoms with Crippen molar-refractivity contribution in [2.24, 2.45) is 5.73 Å². The number of para-hydroxylation sites is 1. The minimum atomic E-state index is -0.794. The lowest BCUT2D eigenvalue weighted by atomic mass is 10.2. The first-order chi connectivity index (χ1) is 8.22. The largest absolute Gasteiger partial charge is 0.468 e. The number of esters is 1. The van der Waals surface area contributed by atoms with Crippen LogP contribution in [0.4, 0.5) is 0 Å².